The lowest BCUT2D eigenvalue weighted by Crippen LogP contribution is -2.23. The van der Waals surface area contributed by atoms with Crippen molar-refractivity contribution in [3.8, 4) is 5.75 Å². The molecule has 0 bridgehead atoms. The Balaban J connectivity index is 2.00. The van der Waals surface area contributed by atoms with E-state index in [1.54, 1.807) is 12.3 Å². The molecule has 1 aromatic carbocycles. The molecule has 0 aliphatic heterocycles. The van der Waals surface area contributed by atoms with Crippen molar-refractivity contribution in [1.29, 1.82) is 0 Å². The number of alkyl halides is 3. The average Bonchev–Trinajstić information content (AvgIpc) is 2.53. The Kier molecular flexibility index (Phi) is 5.68. The quantitative estimate of drug-likeness (QED) is 0.638. The molecule has 6 nitrogen and oxygen atoms in total. The first-order valence-corrected chi connectivity index (χ1v) is 7.28. The Morgan fingerprint density at radius 1 is 1.24 bits per heavy atom. The molecule has 0 aliphatic carbocycles. The Morgan fingerprint density at radius 3 is 2.52 bits per heavy atom. The van der Waals surface area contributed by atoms with Crippen LogP contribution in [-0.4, -0.2) is 31.4 Å². The molecule has 134 valence electrons. The number of aliphatic imine (C=N–C) groups is 1. The molecule has 0 saturated heterocycles. The second-order valence-electron chi connectivity index (χ2n) is 5.28. The van der Waals surface area contributed by atoms with Crippen LogP contribution in [0.3, 0.4) is 0 Å². The van der Waals surface area contributed by atoms with Gasteiger partial charge in [0.1, 0.15) is 11.6 Å². The van der Waals surface area contributed by atoms with Gasteiger partial charge in [-0.3, -0.25) is 0 Å². The van der Waals surface area contributed by atoms with E-state index in [-0.39, 0.29) is 11.7 Å². The third-order valence-electron chi connectivity index (χ3n) is 3.07. The van der Waals surface area contributed by atoms with Gasteiger partial charge in [0.15, 0.2) is 5.96 Å². The lowest BCUT2D eigenvalue weighted by molar-refractivity contribution is -0.274. The summed E-state index contributed by atoms with van der Waals surface area (Å²) in [5.41, 5.74) is 7.20. The van der Waals surface area contributed by atoms with Crippen molar-refractivity contribution >= 4 is 17.5 Å². The Labute approximate surface area is 143 Å². The molecular weight excluding hydrogens is 335 g/mol. The molecular formula is C16H18F3N5O. The molecule has 3 N–H and O–H groups in total. The van der Waals surface area contributed by atoms with Crippen LogP contribution in [0.25, 0.3) is 0 Å². The summed E-state index contributed by atoms with van der Waals surface area (Å²) < 4.78 is 40.2. The number of pyridine rings is 1. The maximum atomic E-state index is 12.1. The van der Waals surface area contributed by atoms with E-state index in [0.717, 1.165) is 11.4 Å². The van der Waals surface area contributed by atoms with E-state index >= 15 is 0 Å². The normalized spacial score (nSPS) is 12.0. The number of hydrogen-bond donors (Lipinski definition) is 2. The van der Waals surface area contributed by atoms with Crippen molar-refractivity contribution in [1.82, 2.24) is 4.98 Å². The summed E-state index contributed by atoms with van der Waals surface area (Å²) in [6.07, 6.45) is -3.03. The monoisotopic (exact) mass is 353 g/mol. The fourth-order valence-corrected chi connectivity index (χ4v) is 2.05. The molecule has 0 radical (unpaired) electrons. The highest BCUT2D eigenvalue weighted by molar-refractivity contribution is 5.92. The van der Waals surface area contributed by atoms with Crippen molar-refractivity contribution in [3.05, 3.63) is 48.2 Å². The molecule has 0 unspecified atom stereocenters. The first-order chi connectivity index (χ1) is 11.7. The average molecular weight is 353 g/mol. The second-order valence-corrected chi connectivity index (χ2v) is 5.28. The smallest absolute Gasteiger partial charge is 0.406 e. The van der Waals surface area contributed by atoms with Gasteiger partial charge in [-0.15, -0.1) is 13.2 Å². The van der Waals surface area contributed by atoms with Crippen molar-refractivity contribution in [2.75, 3.05) is 24.3 Å². The summed E-state index contributed by atoms with van der Waals surface area (Å²) in [6.45, 7) is 0.315. The van der Waals surface area contributed by atoms with Crippen LogP contribution in [0.2, 0.25) is 0 Å². The van der Waals surface area contributed by atoms with Gasteiger partial charge in [0.25, 0.3) is 0 Å². The highest BCUT2D eigenvalue weighted by Gasteiger charge is 2.30. The largest absolute Gasteiger partial charge is 0.573 e. The van der Waals surface area contributed by atoms with Gasteiger partial charge in [0.2, 0.25) is 0 Å². The number of ether oxygens (including phenoxy) is 1. The van der Waals surface area contributed by atoms with Crippen LogP contribution >= 0.6 is 0 Å². The van der Waals surface area contributed by atoms with Gasteiger partial charge in [-0.2, -0.15) is 0 Å². The number of aromatic nitrogens is 1. The Hall–Kier alpha value is -2.97. The first kappa shape index (κ1) is 18.4. The summed E-state index contributed by atoms with van der Waals surface area (Å²) >= 11 is 0. The van der Waals surface area contributed by atoms with Gasteiger partial charge in [-0.05, 0) is 30.3 Å². The Morgan fingerprint density at radius 2 is 1.92 bits per heavy atom. The highest BCUT2D eigenvalue weighted by Crippen LogP contribution is 2.24. The predicted molar refractivity (Wildman–Crippen MR) is 90.6 cm³/mol. The van der Waals surface area contributed by atoms with E-state index in [0.29, 0.717) is 12.2 Å². The third kappa shape index (κ3) is 5.87. The molecule has 1 heterocycles. The number of nitrogens with two attached hydrogens (primary N) is 1. The van der Waals surface area contributed by atoms with Gasteiger partial charge in [-0.25, -0.2) is 9.98 Å². The molecule has 0 fully saturated rings. The van der Waals surface area contributed by atoms with Crippen LogP contribution in [-0.2, 0) is 6.54 Å². The number of hydrogen-bond acceptors (Lipinski definition) is 4. The first-order valence-electron chi connectivity index (χ1n) is 7.28. The zero-order valence-corrected chi connectivity index (χ0v) is 13.7. The minimum Gasteiger partial charge on any atom is -0.406 e. The molecule has 0 saturated carbocycles. The molecule has 0 aliphatic rings. The number of anilines is 2. The maximum absolute atomic E-state index is 12.1. The number of rotatable bonds is 5. The van der Waals surface area contributed by atoms with E-state index in [4.69, 9.17) is 5.73 Å². The minimum absolute atomic E-state index is 0.137. The fraction of sp³-hybridized carbons (Fsp3) is 0.250. The summed E-state index contributed by atoms with van der Waals surface area (Å²) in [5, 5.41) is 2.81. The lowest BCUT2D eigenvalue weighted by Gasteiger charge is -2.14. The number of benzene rings is 1. The van der Waals surface area contributed by atoms with Gasteiger partial charge >= 0.3 is 6.36 Å². The molecule has 0 spiro atoms. The van der Waals surface area contributed by atoms with Crippen LogP contribution in [0.15, 0.2) is 47.6 Å². The summed E-state index contributed by atoms with van der Waals surface area (Å²) in [4.78, 5) is 10.4. The lowest BCUT2D eigenvalue weighted by atomic mass is 10.2. The molecule has 0 amide bonds. The third-order valence-corrected chi connectivity index (χ3v) is 3.07. The van der Waals surface area contributed by atoms with Crippen molar-refractivity contribution in [2.45, 2.75) is 12.9 Å². The highest BCUT2D eigenvalue weighted by atomic mass is 19.4. The van der Waals surface area contributed by atoms with Gasteiger partial charge in [0.05, 0.1) is 6.54 Å². The van der Waals surface area contributed by atoms with Crippen LogP contribution in [0.5, 0.6) is 5.75 Å². The number of guanidine groups is 1. The van der Waals surface area contributed by atoms with Gasteiger partial charge in [0, 0.05) is 31.5 Å². The van der Waals surface area contributed by atoms with Crippen molar-refractivity contribution in [2.24, 2.45) is 10.7 Å². The fourth-order valence-electron chi connectivity index (χ4n) is 2.05. The van der Waals surface area contributed by atoms with E-state index in [1.165, 1.54) is 24.3 Å². The van der Waals surface area contributed by atoms with E-state index in [2.05, 4.69) is 20.0 Å². The van der Waals surface area contributed by atoms with E-state index in [9.17, 15) is 13.2 Å². The molecule has 2 rings (SSSR count). The Bertz CT molecular complexity index is 729. The van der Waals surface area contributed by atoms with Crippen LogP contribution < -0.4 is 20.7 Å². The molecule has 0 atom stereocenters. The SMILES string of the molecule is CN(C)c1ncccc1CN=C(N)Nc1ccc(OC(F)(F)F)cc1. The van der Waals surface area contributed by atoms with Crippen LogP contribution in [0.4, 0.5) is 24.7 Å². The number of halogens is 3. The van der Waals surface area contributed by atoms with Crippen LogP contribution in [0, 0.1) is 0 Å². The second kappa shape index (κ2) is 7.73. The van der Waals surface area contributed by atoms with Gasteiger partial charge < -0.3 is 20.7 Å². The summed E-state index contributed by atoms with van der Waals surface area (Å²) in [5.74, 6) is 0.616. The summed E-state index contributed by atoms with van der Waals surface area (Å²) in [7, 11) is 3.75. The minimum atomic E-state index is -4.72. The zero-order valence-electron chi connectivity index (χ0n) is 13.7. The maximum Gasteiger partial charge on any atom is 0.573 e. The summed E-state index contributed by atoms with van der Waals surface area (Å²) in [6, 6.07) is 8.91. The zero-order chi connectivity index (χ0) is 18.4. The van der Waals surface area contributed by atoms with Gasteiger partial charge in [-0.1, -0.05) is 6.07 Å². The molecule has 1 aromatic heterocycles. The van der Waals surface area contributed by atoms with E-state index in [1.807, 2.05) is 25.1 Å². The molecule has 9 heteroatoms. The predicted octanol–water partition coefficient (Wildman–Crippen LogP) is 2.97. The van der Waals surface area contributed by atoms with Crippen LogP contribution in [0.1, 0.15) is 5.56 Å². The van der Waals surface area contributed by atoms with E-state index < -0.39 is 6.36 Å². The van der Waals surface area contributed by atoms with Crippen molar-refractivity contribution in [3.63, 3.8) is 0 Å². The number of nitrogens with zero attached hydrogens (tertiary/aromatic N) is 3. The number of nitrogens with one attached hydrogen (secondary N) is 1. The van der Waals surface area contributed by atoms with Crippen molar-refractivity contribution < 1.29 is 17.9 Å². The standard InChI is InChI=1S/C16H18F3N5O/c1-24(2)14-11(4-3-9-21-14)10-22-15(20)23-12-5-7-13(8-6-12)25-16(17,18)19/h3-9H,10H2,1-2H3,(H3,20,22,23). The topological polar surface area (TPSA) is 75.8 Å². The molecule has 25 heavy (non-hydrogen) atoms. The molecule has 2 aromatic rings.